The van der Waals surface area contributed by atoms with Gasteiger partial charge < -0.3 is 14.8 Å². The van der Waals surface area contributed by atoms with E-state index >= 15 is 0 Å². The fourth-order valence-electron chi connectivity index (χ4n) is 2.27. The van der Waals surface area contributed by atoms with E-state index in [1.54, 1.807) is 6.92 Å². The molecule has 1 heterocycles. The number of benzene rings is 1. The smallest absolute Gasteiger partial charge is 0.348 e. The lowest BCUT2D eigenvalue weighted by Crippen LogP contribution is -2.15. The van der Waals surface area contributed by atoms with Crippen molar-refractivity contribution in [3.05, 3.63) is 55.9 Å². The molecule has 1 N–H and O–H groups in total. The summed E-state index contributed by atoms with van der Waals surface area (Å²) in [6.45, 7) is 3.28. The Morgan fingerprint density at radius 2 is 1.96 bits per heavy atom. The average Bonchev–Trinajstić information content (AvgIpc) is 2.97. The van der Waals surface area contributed by atoms with E-state index in [0.717, 1.165) is 17.4 Å². The molecule has 0 aliphatic rings. The predicted octanol–water partition coefficient (Wildman–Crippen LogP) is 3.18. The van der Waals surface area contributed by atoms with Crippen molar-refractivity contribution in [3.8, 4) is 0 Å². The first-order chi connectivity index (χ1) is 12.8. The zero-order valence-electron chi connectivity index (χ0n) is 14.7. The van der Waals surface area contributed by atoms with E-state index in [1.165, 1.54) is 32.2 Å². The standard InChI is InChI=1S/C17H16N2O7S/c1-4-26-16(21)12-9(2)13(17(22)25-3)27-15(12)18-14(20)10-6-5-7-11(8-10)19(23)24/h5-8H,4H2,1-3H3,(H,18,20). The number of thiophene rings is 1. The van der Waals surface area contributed by atoms with Crippen LogP contribution in [0.4, 0.5) is 10.7 Å². The molecule has 0 unspecified atom stereocenters. The van der Waals surface area contributed by atoms with Crippen molar-refractivity contribution in [2.75, 3.05) is 19.0 Å². The first-order valence-electron chi connectivity index (χ1n) is 7.74. The molecule has 0 saturated carbocycles. The molecule has 0 atom stereocenters. The molecule has 0 fully saturated rings. The van der Waals surface area contributed by atoms with Crippen LogP contribution < -0.4 is 5.32 Å². The molecular formula is C17H16N2O7S. The largest absolute Gasteiger partial charge is 0.465 e. The monoisotopic (exact) mass is 392 g/mol. The second-order valence-corrected chi connectivity index (χ2v) is 6.25. The number of esters is 2. The Morgan fingerprint density at radius 3 is 2.56 bits per heavy atom. The molecule has 2 rings (SSSR count). The quantitative estimate of drug-likeness (QED) is 0.455. The van der Waals surface area contributed by atoms with Gasteiger partial charge in [0.2, 0.25) is 0 Å². The van der Waals surface area contributed by atoms with Crippen molar-refractivity contribution < 1.29 is 28.8 Å². The third-order valence-electron chi connectivity index (χ3n) is 3.54. The van der Waals surface area contributed by atoms with Crippen LogP contribution in [0.2, 0.25) is 0 Å². The number of amides is 1. The van der Waals surface area contributed by atoms with Gasteiger partial charge in [0.1, 0.15) is 9.88 Å². The van der Waals surface area contributed by atoms with Crippen LogP contribution in [0.5, 0.6) is 0 Å². The maximum absolute atomic E-state index is 12.5. The molecule has 1 aromatic heterocycles. The Bertz CT molecular complexity index is 920. The third-order valence-corrected chi connectivity index (χ3v) is 4.73. The van der Waals surface area contributed by atoms with Gasteiger partial charge in [-0.1, -0.05) is 6.07 Å². The molecule has 0 aliphatic carbocycles. The summed E-state index contributed by atoms with van der Waals surface area (Å²) in [5.41, 5.74) is 0.149. The first-order valence-corrected chi connectivity index (χ1v) is 8.56. The van der Waals surface area contributed by atoms with E-state index < -0.39 is 22.8 Å². The third kappa shape index (κ3) is 4.29. The molecule has 0 radical (unpaired) electrons. The molecule has 0 aliphatic heterocycles. The molecule has 0 saturated heterocycles. The summed E-state index contributed by atoms with van der Waals surface area (Å²) < 4.78 is 9.68. The normalized spacial score (nSPS) is 10.2. The van der Waals surface area contributed by atoms with Gasteiger partial charge in [-0.15, -0.1) is 11.3 Å². The maximum atomic E-state index is 12.5. The van der Waals surface area contributed by atoms with Crippen LogP contribution in [-0.4, -0.2) is 36.5 Å². The zero-order chi connectivity index (χ0) is 20.1. The number of hydrogen-bond acceptors (Lipinski definition) is 8. The summed E-state index contributed by atoms with van der Waals surface area (Å²) in [5, 5.41) is 13.5. The summed E-state index contributed by atoms with van der Waals surface area (Å²) in [7, 11) is 1.20. The van der Waals surface area contributed by atoms with E-state index in [-0.39, 0.29) is 33.3 Å². The summed E-state index contributed by atoms with van der Waals surface area (Å²) in [6, 6.07) is 5.14. The number of carbonyl (C=O) groups is 3. The number of nitrogens with zero attached hydrogens (tertiary/aromatic N) is 1. The summed E-state index contributed by atoms with van der Waals surface area (Å²) in [5.74, 6) is -2.02. The van der Waals surface area contributed by atoms with E-state index in [0.29, 0.717) is 5.56 Å². The molecule has 10 heteroatoms. The highest BCUT2D eigenvalue weighted by Crippen LogP contribution is 2.34. The molecule has 142 valence electrons. The second kappa shape index (κ2) is 8.41. The van der Waals surface area contributed by atoms with E-state index in [4.69, 9.17) is 4.74 Å². The Balaban J connectivity index is 2.43. The highest BCUT2D eigenvalue weighted by atomic mass is 32.1. The van der Waals surface area contributed by atoms with Gasteiger partial charge in [-0.3, -0.25) is 14.9 Å². The molecule has 1 amide bonds. The number of methoxy groups -OCH3 is 1. The highest BCUT2D eigenvalue weighted by molar-refractivity contribution is 7.18. The highest BCUT2D eigenvalue weighted by Gasteiger charge is 2.27. The minimum atomic E-state index is -0.698. The lowest BCUT2D eigenvalue weighted by molar-refractivity contribution is -0.384. The lowest BCUT2D eigenvalue weighted by atomic mass is 10.1. The van der Waals surface area contributed by atoms with Crippen LogP contribution in [-0.2, 0) is 9.47 Å². The molecule has 27 heavy (non-hydrogen) atoms. The number of rotatable bonds is 6. The molecular weight excluding hydrogens is 376 g/mol. The lowest BCUT2D eigenvalue weighted by Gasteiger charge is -2.07. The fraction of sp³-hybridized carbons (Fsp3) is 0.235. The Labute approximate surface area is 158 Å². The van der Waals surface area contributed by atoms with Gasteiger partial charge in [0, 0.05) is 17.7 Å². The number of non-ortho nitro benzene ring substituents is 1. The van der Waals surface area contributed by atoms with Gasteiger partial charge in [-0.05, 0) is 25.5 Å². The molecule has 0 spiro atoms. The first kappa shape index (κ1) is 20.0. The Hall–Kier alpha value is -3.27. The summed E-state index contributed by atoms with van der Waals surface area (Å²) >= 11 is 0.865. The predicted molar refractivity (Wildman–Crippen MR) is 97.4 cm³/mol. The van der Waals surface area contributed by atoms with Crippen LogP contribution >= 0.6 is 11.3 Å². The van der Waals surface area contributed by atoms with Crippen molar-refractivity contribution in [1.29, 1.82) is 0 Å². The minimum absolute atomic E-state index is 0.0321. The number of ether oxygens (including phenoxy) is 2. The average molecular weight is 392 g/mol. The summed E-state index contributed by atoms with van der Waals surface area (Å²) in [4.78, 5) is 47.1. The molecule has 9 nitrogen and oxygen atoms in total. The van der Waals surface area contributed by atoms with Crippen molar-refractivity contribution >= 4 is 39.9 Å². The Morgan fingerprint density at radius 1 is 1.26 bits per heavy atom. The number of nitrogens with one attached hydrogen (secondary N) is 1. The van der Waals surface area contributed by atoms with Gasteiger partial charge in [-0.2, -0.15) is 0 Å². The zero-order valence-corrected chi connectivity index (χ0v) is 15.5. The van der Waals surface area contributed by atoms with Gasteiger partial charge >= 0.3 is 11.9 Å². The number of nitro groups is 1. The molecule has 2 aromatic rings. The van der Waals surface area contributed by atoms with Crippen molar-refractivity contribution in [2.24, 2.45) is 0 Å². The SMILES string of the molecule is CCOC(=O)c1c(NC(=O)c2cccc([N+](=O)[O-])c2)sc(C(=O)OC)c1C. The van der Waals surface area contributed by atoms with Crippen LogP contribution in [0.3, 0.4) is 0 Å². The van der Waals surface area contributed by atoms with Crippen molar-refractivity contribution in [3.63, 3.8) is 0 Å². The summed E-state index contributed by atoms with van der Waals surface area (Å²) in [6.07, 6.45) is 0. The maximum Gasteiger partial charge on any atom is 0.348 e. The van der Waals surface area contributed by atoms with Crippen LogP contribution in [0.15, 0.2) is 24.3 Å². The van der Waals surface area contributed by atoms with Gasteiger partial charge in [0.25, 0.3) is 11.6 Å². The van der Waals surface area contributed by atoms with Gasteiger partial charge in [0.05, 0.1) is 24.2 Å². The topological polar surface area (TPSA) is 125 Å². The minimum Gasteiger partial charge on any atom is -0.465 e. The molecule has 1 aromatic carbocycles. The van der Waals surface area contributed by atoms with Gasteiger partial charge in [-0.25, -0.2) is 9.59 Å². The van der Waals surface area contributed by atoms with Crippen LogP contribution in [0.1, 0.15) is 42.9 Å². The van der Waals surface area contributed by atoms with E-state index in [1.807, 2.05) is 0 Å². The van der Waals surface area contributed by atoms with Crippen molar-refractivity contribution in [1.82, 2.24) is 0 Å². The van der Waals surface area contributed by atoms with Crippen LogP contribution in [0, 0.1) is 17.0 Å². The van der Waals surface area contributed by atoms with Crippen LogP contribution in [0.25, 0.3) is 0 Å². The number of hydrogen-bond donors (Lipinski definition) is 1. The fourth-order valence-corrected chi connectivity index (χ4v) is 3.38. The van der Waals surface area contributed by atoms with Crippen molar-refractivity contribution in [2.45, 2.75) is 13.8 Å². The number of anilines is 1. The van der Waals surface area contributed by atoms with E-state index in [2.05, 4.69) is 10.1 Å². The number of nitro benzene ring substituents is 1. The van der Waals surface area contributed by atoms with E-state index in [9.17, 15) is 24.5 Å². The van der Waals surface area contributed by atoms with Gasteiger partial charge in [0.15, 0.2) is 0 Å². The number of carbonyl (C=O) groups excluding carboxylic acids is 3. The molecule has 0 bridgehead atoms. The Kier molecular flexibility index (Phi) is 6.24. The second-order valence-electron chi connectivity index (χ2n) is 5.23.